The predicted molar refractivity (Wildman–Crippen MR) is 145 cm³/mol. The van der Waals surface area contributed by atoms with Crippen molar-refractivity contribution < 1.29 is 41.1 Å². The topological polar surface area (TPSA) is 138 Å². The molecule has 11 nitrogen and oxygen atoms in total. The van der Waals surface area contributed by atoms with Crippen molar-refractivity contribution in [1.29, 1.82) is 0 Å². The maximum atomic E-state index is 14.4. The fourth-order valence-corrected chi connectivity index (χ4v) is 3.99. The zero-order valence-electron chi connectivity index (χ0n) is 23.3. The molecule has 0 spiro atoms. The van der Waals surface area contributed by atoms with Crippen LogP contribution in [0, 0.1) is 11.6 Å². The van der Waals surface area contributed by atoms with Crippen molar-refractivity contribution in [3.8, 4) is 0 Å². The Morgan fingerprint density at radius 1 is 1.21 bits per heavy atom. The number of nitrogens with one attached hydrogen (secondary N) is 3. The van der Waals surface area contributed by atoms with Gasteiger partial charge in [-0.25, -0.2) is 18.6 Å². The number of fused-ring (bicyclic) bond motifs is 1. The summed E-state index contributed by atoms with van der Waals surface area (Å²) in [6, 6.07) is 2.01. The average molecular weight is 613 g/mol. The molecule has 0 saturated heterocycles. The number of hydrogen-bond donors (Lipinski definition) is 3. The Bertz CT molecular complexity index is 1580. The molecule has 2 heterocycles. The van der Waals surface area contributed by atoms with Gasteiger partial charge in [-0.15, -0.1) is 0 Å². The third kappa shape index (κ3) is 8.86. The molecule has 3 rings (SSSR count). The number of anilines is 1. The minimum Gasteiger partial charge on any atom is -0.453 e. The Morgan fingerprint density at radius 2 is 1.93 bits per heavy atom. The Labute approximate surface area is 241 Å². The molecule has 0 aliphatic heterocycles. The van der Waals surface area contributed by atoms with E-state index in [9.17, 15) is 41.1 Å². The number of rotatable bonds is 11. The first kappa shape index (κ1) is 32.8. The first-order chi connectivity index (χ1) is 20.2. The fraction of sp³-hybridized carbons (Fsp3) is 0.370. The van der Waals surface area contributed by atoms with Crippen LogP contribution in [0.2, 0.25) is 0 Å². The summed E-state index contributed by atoms with van der Waals surface area (Å²) in [7, 11) is 4.24. The number of likely N-dealkylation sites (N-methyl/N-ethyl adjacent to an activating group) is 1. The summed E-state index contributed by atoms with van der Waals surface area (Å²) in [5.41, 5.74) is -1.96. The number of nitrogens with zero attached hydrogens (tertiary/aromatic N) is 3. The number of amides is 3. The van der Waals surface area contributed by atoms with Gasteiger partial charge < -0.3 is 29.8 Å². The molecular weight excluding hydrogens is 583 g/mol. The normalized spacial score (nSPS) is 12.4. The van der Waals surface area contributed by atoms with E-state index in [0.717, 1.165) is 11.7 Å². The molecule has 232 valence electrons. The van der Waals surface area contributed by atoms with Gasteiger partial charge in [-0.3, -0.25) is 14.4 Å². The highest BCUT2D eigenvalue weighted by molar-refractivity contribution is 5.96. The second-order valence-electron chi connectivity index (χ2n) is 9.59. The minimum atomic E-state index is -4.57. The maximum Gasteiger partial charge on any atom is 0.407 e. The van der Waals surface area contributed by atoms with Crippen LogP contribution < -0.4 is 16.2 Å². The zero-order chi connectivity index (χ0) is 31.9. The molecule has 0 aliphatic rings. The van der Waals surface area contributed by atoms with Crippen molar-refractivity contribution in [2.75, 3.05) is 26.5 Å². The molecule has 16 heteroatoms. The standard InChI is InChI=1S/C27H29F5N6O5/c1-37(2)21(39)9-5-4-7-18(34-26(42)43-3)24(40)33-19-8-6-12-38(25(19)41)14-20-35-22-15(10-11-27(30,31)32)16(28)13-17(29)23(22)36-20/h5-6,8-9,12-13,18H,4,7,10-11,14H2,1-3H3,(H,33,40)(H,34,42)(H,35,36)/b9-5+/t18-/m0/s1. The molecule has 3 amide bonds. The highest BCUT2D eigenvalue weighted by atomic mass is 19.4. The van der Waals surface area contributed by atoms with Crippen LogP contribution in [0.25, 0.3) is 11.0 Å². The van der Waals surface area contributed by atoms with Crippen molar-refractivity contribution in [2.45, 2.75) is 44.4 Å². The molecule has 43 heavy (non-hydrogen) atoms. The van der Waals surface area contributed by atoms with Crippen LogP contribution in [-0.4, -0.2) is 70.8 Å². The van der Waals surface area contributed by atoms with E-state index in [1.54, 1.807) is 14.1 Å². The number of allylic oxidation sites excluding steroid dienone is 1. The molecule has 0 saturated carbocycles. The van der Waals surface area contributed by atoms with E-state index in [0.29, 0.717) is 6.07 Å². The number of hydrogen-bond acceptors (Lipinski definition) is 6. The van der Waals surface area contributed by atoms with Gasteiger partial charge in [0.25, 0.3) is 5.56 Å². The largest absolute Gasteiger partial charge is 0.453 e. The van der Waals surface area contributed by atoms with Gasteiger partial charge >= 0.3 is 12.3 Å². The number of carbonyl (C=O) groups excluding carboxylic acids is 3. The summed E-state index contributed by atoms with van der Waals surface area (Å²) >= 11 is 0. The maximum absolute atomic E-state index is 14.4. The van der Waals surface area contributed by atoms with Crippen LogP contribution in [0.4, 0.5) is 32.4 Å². The van der Waals surface area contributed by atoms with Gasteiger partial charge in [0.1, 0.15) is 28.9 Å². The summed E-state index contributed by atoms with van der Waals surface area (Å²) in [5, 5.41) is 4.79. The number of aromatic amines is 1. The predicted octanol–water partition coefficient (Wildman–Crippen LogP) is 3.63. The number of carbonyl (C=O) groups is 3. The number of alkyl carbamates (subject to hydrolysis) is 1. The van der Waals surface area contributed by atoms with Crippen LogP contribution in [0.3, 0.4) is 0 Å². The van der Waals surface area contributed by atoms with Gasteiger partial charge in [-0.05, 0) is 37.5 Å². The fourth-order valence-electron chi connectivity index (χ4n) is 3.99. The highest BCUT2D eigenvalue weighted by Gasteiger charge is 2.29. The lowest BCUT2D eigenvalue weighted by Gasteiger charge is -2.17. The summed E-state index contributed by atoms with van der Waals surface area (Å²) < 4.78 is 72.6. The van der Waals surface area contributed by atoms with Crippen molar-refractivity contribution >= 4 is 34.6 Å². The van der Waals surface area contributed by atoms with Gasteiger partial charge in [-0.1, -0.05) is 6.08 Å². The molecular formula is C27H29F5N6O5. The molecule has 0 fully saturated rings. The lowest BCUT2D eigenvalue weighted by atomic mass is 10.1. The number of aryl methyl sites for hydroxylation is 1. The molecule has 0 bridgehead atoms. The van der Waals surface area contributed by atoms with Crippen molar-refractivity contribution in [2.24, 2.45) is 0 Å². The van der Waals surface area contributed by atoms with E-state index >= 15 is 0 Å². The number of alkyl halides is 3. The van der Waals surface area contributed by atoms with Gasteiger partial charge in [0.2, 0.25) is 11.8 Å². The van der Waals surface area contributed by atoms with Crippen LogP contribution in [0.15, 0.2) is 41.3 Å². The summed E-state index contributed by atoms with van der Waals surface area (Å²) in [6.45, 7) is -0.328. The molecule has 2 aromatic heterocycles. The van der Waals surface area contributed by atoms with E-state index in [1.165, 1.54) is 35.4 Å². The third-order valence-corrected chi connectivity index (χ3v) is 6.20. The number of benzene rings is 1. The number of imidazole rings is 1. The van der Waals surface area contributed by atoms with E-state index < -0.39 is 59.8 Å². The zero-order valence-corrected chi connectivity index (χ0v) is 23.3. The highest BCUT2D eigenvalue weighted by Crippen LogP contribution is 2.28. The molecule has 0 aliphatic carbocycles. The first-order valence-corrected chi connectivity index (χ1v) is 12.8. The number of pyridine rings is 1. The van der Waals surface area contributed by atoms with E-state index in [4.69, 9.17) is 0 Å². The van der Waals surface area contributed by atoms with Crippen molar-refractivity contribution in [3.63, 3.8) is 0 Å². The van der Waals surface area contributed by atoms with Gasteiger partial charge in [0.15, 0.2) is 5.82 Å². The van der Waals surface area contributed by atoms with E-state index in [2.05, 4.69) is 25.3 Å². The first-order valence-electron chi connectivity index (χ1n) is 12.8. The summed E-state index contributed by atoms with van der Waals surface area (Å²) in [6.07, 6.45) is -3.14. The second-order valence-corrected chi connectivity index (χ2v) is 9.59. The number of methoxy groups -OCH3 is 1. The van der Waals surface area contributed by atoms with Crippen LogP contribution in [0.1, 0.15) is 30.7 Å². The number of ether oxygens (including phenoxy) is 1. The number of halogens is 5. The van der Waals surface area contributed by atoms with E-state index in [1.807, 2.05) is 0 Å². The Balaban J connectivity index is 1.81. The number of aromatic nitrogens is 3. The minimum absolute atomic E-state index is 0.0525. The van der Waals surface area contributed by atoms with Gasteiger partial charge in [-0.2, -0.15) is 13.2 Å². The molecule has 3 aromatic rings. The van der Waals surface area contributed by atoms with Crippen LogP contribution in [-0.2, 0) is 27.3 Å². The summed E-state index contributed by atoms with van der Waals surface area (Å²) in [5.74, 6) is -3.35. The molecule has 0 radical (unpaired) electrons. The third-order valence-electron chi connectivity index (χ3n) is 6.20. The van der Waals surface area contributed by atoms with Crippen LogP contribution >= 0.6 is 0 Å². The Kier molecular flexibility index (Phi) is 10.6. The second kappa shape index (κ2) is 13.9. The monoisotopic (exact) mass is 612 g/mol. The van der Waals surface area contributed by atoms with Crippen molar-refractivity contribution in [1.82, 2.24) is 24.8 Å². The SMILES string of the molecule is COC(=O)N[C@@H](CC/C=C/C(=O)N(C)C)C(=O)Nc1cccn(Cc2nc3c(F)cc(F)c(CCC(F)(F)F)c3[nH]2)c1=O. The average Bonchev–Trinajstić information content (AvgIpc) is 3.35. The molecule has 1 aromatic carbocycles. The lowest BCUT2D eigenvalue weighted by molar-refractivity contribution is -0.134. The smallest absolute Gasteiger partial charge is 0.407 e. The number of H-pyrrole nitrogens is 1. The van der Waals surface area contributed by atoms with Gasteiger partial charge in [0.05, 0.1) is 19.2 Å². The van der Waals surface area contributed by atoms with E-state index in [-0.39, 0.29) is 47.8 Å². The van der Waals surface area contributed by atoms with Gasteiger partial charge in [0, 0.05) is 38.3 Å². The Morgan fingerprint density at radius 3 is 2.58 bits per heavy atom. The molecule has 1 atom stereocenters. The lowest BCUT2D eigenvalue weighted by Crippen LogP contribution is -2.44. The quantitative estimate of drug-likeness (QED) is 0.223. The van der Waals surface area contributed by atoms with Crippen molar-refractivity contribution in [3.05, 3.63) is 69.9 Å². The van der Waals surface area contributed by atoms with Crippen LogP contribution in [0.5, 0.6) is 0 Å². The molecule has 0 unspecified atom stereocenters. The molecule has 3 N–H and O–H groups in total. The Hall–Kier alpha value is -4.76. The summed E-state index contributed by atoms with van der Waals surface area (Å²) in [4.78, 5) is 57.5.